The summed E-state index contributed by atoms with van der Waals surface area (Å²) in [5.74, 6) is 1.20. The Bertz CT molecular complexity index is 285. The number of hydrogen-bond acceptors (Lipinski definition) is 4. The van der Waals surface area contributed by atoms with E-state index in [2.05, 4.69) is 23.1 Å². The molecule has 1 amide bonds. The van der Waals surface area contributed by atoms with Gasteiger partial charge in [0.25, 0.3) is 0 Å². The average molecular weight is 200 g/mol. The van der Waals surface area contributed by atoms with E-state index in [1.54, 1.807) is 6.07 Å². The smallest absolute Gasteiger partial charge is 0.221 e. The van der Waals surface area contributed by atoms with Crippen molar-refractivity contribution < 1.29 is 9.32 Å². The first kappa shape index (κ1) is 10.1. The maximum Gasteiger partial charge on any atom is 0.221 e. The van der Waals surface area contributed by atoms with E-state index in [-0.39, 0.29) is 5.91 Å². The van der Waals surface area contributed by atoms with Crippen LogP contribution in [0.3, 0.4) is 0 Å². The summed E-state index contributed by atoms with van der Waals surface area (Å²) in [5.41, 5.74) is 0.818. The lowest BCUT2D eigenvalue weighted by molar-refractivity contribution is -0.120. The van der Waals surface area contributed by atoms with E-state index in [9.17, 15) is 4.79 Å². The number of hydrogen-bond donors (Lipinski definition) is 2. The van der Waals surface area contributed by atoms with Crippen LogP contribution >= 0.6 is 12.6 Å². The third-order valence-electron chi connectivity index (χ3n) is 1.48. The Kier molecular flexibility index (Phi) is 3.82. The fourth-order valence-corrected chi connectivity index (χ4v) is 1.08. The molecule has 5 heteroatoms. The van der Waals surface area contributed by atoms with Crippen molar-refractivity contribution in [2.45, 2.75) is 19.9 Å². The molecule has 1 aromatic rings. The fourth-order valence-electron chi connectivity index (χ4n) is 0.875. The molecule has 1 rings (SSSR count). The topological polar surface area (TPSA) is 55.1 Å². The Labute approximate surface area is 82.1 Å². The molecular formula is C8H12N2O2S. The van der Waals surface area contributed by atoms with Crippen molar-refractivity contribution in [3.8, 4) is 0 Å². The molecule has 0 spiro atoms. The average Bonchev–Trinajstić information content (AvgIpc) is 2.49. The van der Waals surface area contributed by atoms with Crippen molar-refractivity contribution in [2.24, 2.45) is 0 Å². The Morgan fingerprint density at radius 1 is 1.77 bits per heavy atom. The van der Waals surface area contributed by atoms with Crippen molar-refractivity contribution in [2.75, 3.05) is 5.75 Å². The molecule has 1 N–H and O–H groups in total. The number of amides is 1. The summed E-state index contributed by atoms with van der Waals surface area (Å²) in [5, 5.41) is 6.39. The number of aryl methyl sites for hydroxylation is 1. The summed E-state index contributed by atoms with van der Waals surface area (Å²) in [6.07, 6.45) is 0.427. The molecule has 1 heterocycles. The quantitative estimate of drug-likeness (QED) is 0.711. The summed E-state index contributed by atoms with van der Waals surface area (Å²) in [7, 11) is 0. The van der Waals surface area contributed by atoms with Gasteiger partial charge in [-0.15, -0.1) is 0 Å². The fraction of sp³-hybridized carbons (Fsp3) is 0.500. The van der Waals surface area contributed by atoms with Crippen LogP contribution in [-0.2, 0) is 11.3 Å². The second kappa shape index (κ2) is 4.91. The number of aromatic nitrogens is 1. The molecule has 4 nitrogen and oxygen atoms in total. The van der Waals surface area contributed by atoms with Gasteiger partial charge in [0.15, 0.2) is 5.76 Å². The first-order valence-electron chi connectivity index (χ1n) is 4.02. The van der Waals surface area contributed by atoms with E-state index in [0.717, 1.165) is 5.69 Å². The SMILES string of the molecule is Cc1cc(CNC(=O)CCS)on1. The number of rotatable bonds is 4. The number of nitrogens with one attached hydrogen (secondary N) is 1. The number of thiol groups is 1. The lowest BCUT2D eigenvalue weighted by Gasteiger charge is -1.99. The monoisotopic (exact) mass is 200 g/mol. The van der Waals surface area contributed by atoms with Crippen molar-refractivity contribution in [3.05, 3.63) is 17.5 Å². The molecule has 72 valence electrons. The second-order valence-electron chi connectivity index (χ2n) is 2.68. The summed E-state index contributed by atoms with van der Waals surface area (Å²) >= 11 is 3.95. The zero-order chi connectivity index (χ0) is 9.68. The van der Waals surface area contributed by atoms with Crippen LogP contribution in [-0.4, -0.2) is 16.8 Å². The zero-order valence-electron chi connectivity index (χ0n) is 7.41. The van der Waals surface area contributed by atoms with Gasteiger partial charge in [-0.1, -0.05) is 5.16 Å². The van der Waals surface area contributed by atoms with Crippen molar-refractivity contribution in [1.29, 1.82) is 0 Å². The van der Waals surface area contributed by atoms with Gasteiger partial charge in [0.05, 0.1) is 12.2 Å². The van der Waals surface area contributed by atoms with Crippen LogP contribution in [0.5, 0.6) is 0 Å². The van der Waals surface area contributed by atoms with Crippen molar-refractivity contribution in [1.82, 2.24) is 10.5 Å². The Balaban J connectivity index is 2.30. The molecule has 0 atom stereocenters. The molecule has 0 aliphatic rings. The summed E-state index contributed by atoms with van der Waals surface area (Å²) < 4.78 is 4.91. The largest absolute Gasteiger partial charge is 0.359 e. The van der Waals surface area contributed by atoms with Crippen LogP contribution in [0.2, 0.25) is 0 Å². The van der Waals surface area contributed by atoms with Crippen LogP contribution in [0.4, 0.5) is 0 Å². The first-order chi connectivity index (χ1) is 6.22. The Morgan fingerprint density at radius 3 is 3.08 bits per heavy atom. The van der Waals surface area contributed by atoms with E-state index >= 15 is 0 Å². The maximum atomic E-state index is 11.0. The molecule has 0 unspecified atom stereocenters. The van der Waals surface area contributed by atoms with Crippen LogP contribution in [0.1, 0.15) is 17.9 Å². The van der Waals surface area contributed by atoms with Crippen LogP contribution in [0, 0.1) is 6.92 Å². The molecule has 1 aromatic heterocycles. The van der Waals surface area contributed by atoms with E-state index in [0.29, 0.717) is 24.5 Å². The lowest BCUT2D eigenvalue weighted by atomic mass is 10.3. The lowest BCUT2D eigenvalue weighted by Crippen LogP contribution is -2.22. The highest BCUT2D eigenvalue weighted by molar-refractivity contribution is 7.80. The predicted octanol–water partition coefficient (Wildman–Crippen LogP) is 0.919. The first-order valence-corrected chi connectivity index (χ1v) is 4.65. The standard InChI is InChI=1S/C8H12N2O2S/c1-6-4-7(12-10-6)5-9-8(11)2-3-13/h4,13H,2-3,5H2,1H3,(H,9,11). The summed E-state index contributed by atoms with van der Waals surface area (Å²) in [4.78, 5) is 11.0. The van der Waals surface area contributed by atoms with Crippen LogP contribution < -0.4 is 5.32 Å². The highest BCUT2D eigenvalue weighted by Gasteiger charge is 2.02. The molecule has 0 saturated carbocycles. The van der Waals surface area contributed by atoms with Gasteiger partial charge in [0.2, 0.25) is 5.91 Å². The predicted molar refractivity (Wildman–Crippen MR) is 51.6 cm³/mol. The minimum absolute atomic E-state index is 0.0240. The molecule has 0 fully saturated rings. The van der Waals surface area contributed by atoms with Gasteiger partial charge in [-0.2, -0.15) is 12.6 Å². The summed E-state index contributed by atoms with van der Waals surface area (Å²) in [6, 6.07) is 1.79. The normalized spacial score (nSPS) is 10.0. The van der Waals surface area contributed by atoms with Gasteiger partial charge in [-0.3, -0.25) is 4.79 Å². The number of carbonyl (C=O) groups excluding carboxylic acids is 1. The van der Waals surface area contributed by atoms with Gasteiger partial charge < -0.3 is 9.84 Å². The van der Waals surface area contributed by atoms with Gasteiger partial charge in [0, 0.05) is 12.5 Å². The zero-order valence-corrected chi connectivity index (χ0v) is 8.30. The molecule has 0 aliphatic heterocycles. The highest BCUT2D eigenvalue weighted by Crippen LogP contribution is 2.01. The van der Waals surface area contributed by atoms with Gasteiger partial charge in [0.1, 0.15) is 0 Å². The molecular weight excluding hydrogens is 188 g/mol. The highest BCUT2D eigenvalue weighted by atomic mass is 32.1. The molecule has 0 aliphatic carbocycles. The minimum atomic E-state index is -0.0240. The molecule has 13 heavy (non-hydrogen) atoms. The van der Waals surface area contributed by atoms with E-state index in [4.69, 9.17) is 4.52 Å². The van der Waals surface area contributed by atoms with Gasteiger partial charge in [-0.05, 0) is 12.7 Å². The maximum absolute atomic E-state index is 11.0. The molecule has 0 saturated heterocycles. The van der Waals surface area contributed by atoms with Gasteiger partial charge >= 0.3 is 0 Å². The second-order valence-corrected chi connectivity index (χ2v) is 3.13. The van der Waals surface area contributed by atoms with E-state index in [1.165, 1.54) is 0 Å². The van der Waals surface area contributed by atoms with E-state index in [1.807, 2.05) is 6.92 Å². The Morgan fingerprint density at radius 2 is 2.54 bits per heavy atom. The summed E-state index contributed by atoms with van der Waals surface area (Å²) in [6.45, 7) is 2.23. The Hall–Kier alpha value is -0.970. The minimum Gasteiger partial charge on any atom is -0.359 e. The van der Waals surface area contributed by atoms with Crippen molar-refractivity contribution in [3.63, 3.8) is 0 Å². The molecule has 0 bridgehead atoms. The number of nitrogens with zero attached hydrogens (tertiary/aromatic N) is 1. The number of carbonyl (C=O) groups is 1. The van der Waals surface area contributed by atoms with Crippen LogP contribution in [0.25, 0.3) is 0 Å². The van der Waals surface area contributed by atoms with E-state index < -0.39 is 0 Å². The third-order valence-corrected chi connectivity index (χ3v) is 1.70. The van der Waals surface area contributed by atoms with Gasteiger partial charge in [-0.25, -0.2) is 0 Å². The van der Waals surface area contributed by atoms with Crippen LogP contribution in [0.15, 0.2) is 10.6 Å². The van der Waals surface area contributed by atoms with Crippen molar-refractivity contribution >= 4 is 18.5 Å². The molecule has 0 radical (unpaired) electrons. The molecule has 0 aromatic carbocycles. The third kappa shape index (κ3) is 3.50.